The number of aryl methyl sites for hydroxylation is 2. The predicted octanol–water partition coefficient (Wildman–Crippen LogP) is 7.57. The SMILES string of the molecule is CCC1=C(C)c2cc3[nH]c(cc4nc(c5c6[nH]c(cc1n2)c(C)c6C(=O)N(CCN1CCOCC1)C5=O)[C@@H](CCC(=O)O)[C@@H]4C)c(C)c3C(C)OCCOCCNC(=O)OC(C)(C)C. The van der Waals surface area contributed by atoms with Crippen molar-refractivity contribution < 1.29 is 43.2 Å². The van der Waals surface area contributed by atoms with Crippen molar-refractivity contribution in [3.8, 4) is 0 Å². The molecule has 64 heavy (non-hydrogen) atoms. The predicted molar refractivity (Wildman–Crippen MR) is 243 cm³/mol. The number of morpholine rings is 1. The Hall–Kier alpha value is -5.42. The maximum absolute atomic E-state index is 14.9. The molecule has 8 bridgehead atoms. The number of nitrogens with zero attached hydrogens (tertiary/aromatic N) is 4. The van der Waals surface area contributed by atoms with E-state index in [0.717, 1.165) is 44.7 Å². The molecule has 4 aliphatic heterocycles. The van der Waals surface area contributed by atoms with Crippen LogP contribution in [0.15, 0.2) is 18.2 Å². The first-order chi connectivity index (χ1) is 30.5. The number of nitrogens with one attached hydrogen (secondary N) is 3. The lowest BCUT2D eigenvalue weighted by atomic mass is 9.84. The second-order valence-corrected chi connectivity index (χ2v) is 18.1. The van der Waals surface area contributed by atoms with Gasteiger partial charge in [-0.15, -0.1) is 0 Å². The smallest absolute Gasteiger partial charge is 0.407 e. The molecule has 3 atom stereocenters. The van der Waals surface area contributed by atoms with Gasteiger partial charge >= 0.3 is 12.1 Å². The lowest BCUT2D eigenvalue weighted by Gasteiger charge is -2.31. The molecule has 1 saturated heterocycles. The number of allylic oxidation sites excluding steroid dienone is 2. The van der Waals surface area contributed by atoms with E-state index in [2.05, 4.69) is 40.1 Å². The second kappa shape index (κ2) is 19.4. The minimum absolute atomic E-state index is 0.119. The summed E-state index contributed by atoms with van der Waals surface area (Å²) in [5.41, 5.74) is 10.2. The number of ether oxygens (including phenoxy) is 4. The Labute approximate surface area is 374 Å². The zero-order valence-electron chi connectivity index (χ0n) is 38.7. The highest BCUT2D eigenvalue weighted by Gasteiger charge is 2.41. The number of amides is 3. The summed E-state index contributed by atoms with van der Waals surface area (Å²) in [5, 5.41) is 12.6. The number of carboxylic acid groups (broad SMARTS) is 1. The van der Waals surface area contributed by atoms with E-state index in [-0.39, 0.29) is 37.3 Å². The van der Waals surface area contributed by atoms with Gasteiger partial charge in [-0.1, -0.05) is 13.8 Å². The van der Waals surface area contributed by atoms with Gasteiger partial charge in [-0.05, 0) is 102 Å². The Morgan fingerprint density at radius 2 is 1.64 bits per heavy atom. The first-order valence-corrected chi connectivity index (χ1v) is 22.5. The van der Waals surface area contributed by atoms with Crippen LogP contribution in [0.25, 0.3) is 33.2 Å². The van der Waals surface area contributed by atoms with Crippen LogP contribution >= 0.6 is 0 Å². The first-order valence-electron chi connectivity index (χ1n) is 22.5. The fourth-order valence-electron chi connectivity index (χ4n) is 9.22. The molecule has 3 aromatic heterocycles. The molecule has 1 fully saturated rings. The number of imide groups is 1. The number of rotatable bonds is 15. The van der Waals surface area contributed by atoms with Crippen molar-refractivity contribution in [2.45, 2.75) is 105 Å². The summed E-state index contributed by atoms with van der Waals surface area (Å²) in [5.74, 6) is -2.45. The van der Waals surface area contributed by atoms with Gasteiger partial charge in [0.25, 0.3) is 11.8 Å². The third kappa shape index (κ3) is 9.80. The zero-order valence-corrected chi connectivity index (χ0v) is 38.7. The van der Waals surface area contributed by atoms with E-state index in [4.69, 9.17) is 28.9 Å². The molecule has 3 amide bonds. The zero-order chi connectivity index (χ0) is 46.0. The van der Waals surface area contributed by atoms with Crippen LogP contribution in [0.5, 0.6) is 0 Å². The fraction of sp³-hybridized carbons (Fsp3) is 0.542. The molecule has 344 valence electrons. The summed E-state index contributed by atoms with van der Waals surface area (Å²) < 4.78 is 23.0. The highest BCUT2D eigenvalue weighted by molar-refractivity contribution is 6.23. The average Bonchev–Trinajstić information content (AvgIpc) is 3.92. The molecular weight excluding hydrogens is 819 g/mol. The number of aromatic amines is 2. The molecule has 3 aromatic rings. The number of carbonyl (C=O) groups is 4. The van der Waals surface area contributed by atoms with E-state index in [1.807, 2.05) is 60.6 Å². The number of alkyl carbamates (subject to hydrolysis) is 1. The molecule has 4 N–H and O–H groups in total. The van der Waals surface area contributed by atoms with E-state index in [9.17, 15) is 24.3 Å². The van der Waals surface area contributed by atoms with Gasteiger partial charge in [-0.25, -0.2) is 9.78 Å². The van der Waals surface area contributed by atoms with Gasteiger partial charge in [0.05, 0.1) is 72.9 Å². The molecule has 16 nitrogen and oxygen atoms in total. The maximum atomic E-state index is 14.9. The number of carbonyl (C=O) groups excluding carboxylic acids is 3. The van der Waals surface area contributed by atoms with Gasteiger partial charge in [0, 0.05) is 78.8 Å². The largest absolute Gasteiger partial charge is 0.481 e. The number of fused-ring (bicyclic) bond motifs is 8. The van der Waals surface area contributed by atoms with Gasteiger partial charge in [-0.2, -0.15) is 0 Å². The van der Waals surface area contributed by atoms with Gasteiger partial charge in [0.1, 0.15) is 5.60 Å². The minimum Gasteiger partial charge on any atom is -0.481 e. The molecule has 0 spiro atoms. The van der Waals surface area contributed by atoms with Gasteiger partial charge in [-0.3, -0.25) is 29.2 Å². The quantitative estimate of drug-likeness (QED) is 0.0863. The summed E-state index contributed by atoms with van der Waals surface area (Å²) in [6.07, 6.45) is -0.0290. The van der Waals surface area contributed by atoms with E-state index < -0.39 is 29.5 Å². The topological polar surface area (TPSA) is 201 Å². The van der Waals surface area contributed by atoms with Crippen LogP contribution in [0.3, 0.4) is 0 Å². The Morgan fingerprint density at radius 1 is 0.938 bits per heavy atom. The molecule has 1 unspecified atom stereocenters. The van der Waals surface area contributed by atoms with Gasteiger partial charge < -0.3 is 39.3 Å². The fourth-order valence-corrected chi connectivity index (χ4v) is 9.22. The van der Waals surface area contributed by atoms with Crippen LogP contribution in [0.2, 0.25) is 0 Å². The van der Waals surface area contributed by atoms with Crippen molar-refractivity contribution in [2.24, 2.45) is 0 Å². The highest BCUT2D eigenvalue weighted by Crippen LogP contribution is 2.44. The molecule has 16 heteroatoms. The molecule has 0 radical (unpaired) electrons. The van der Waals surface area contributed by atoms with Crippen molar-refractivity contribution in [3.63, 3.8) is 0 Å². The molecule has 0 aliphatic carbocycles. The highest BCUT2D eigenvalue weighted by atomic mass is 16.6. The molecule has 4 aliphatic rings. The molecule has 7 heterocycles. The summed E-state index contributed by atoms with van der Waals surface area (Å²) >= 11 is 0. The lowest BCUT2D eigenvalue weighted by molar-refractivity contribution is -0.137. The minimum atomic E-state index is -0.941. The number of aromatic nitrogens is 4. The van der Waals surface area contributed by atoms with Crippen molar-refractivity contribution >= 4 is 57.1 Å². The van der Waals surface area contributed by atoms with Crippen molar-refractivity contribution in [3.05, 3.63) is 68.8 Å². The number of aliphatic carboxylic acids is 1. The molecule has 7 rings (SSSR count). The summed E-state index contributed by atoms with van der Waals surface area (Å²) in [4.78, 5) is 74.6. The van der Waals surface area contributed by atoms with Crippen molar-refractivity contribution in [2.75, 3.05) is 65.8 Å². The Morgan fingerprint density at radius 3 is 2.34 bits per heavy atom. The monoisotopic (exact) mass is 881 g/mol. The van der Waals surface area contributed by atoms with Crippen LogP contribution in [-0.2, 0) is 23.7 Å². The van der Waals surface area contributed by atoms with E-state index in [1.165, 1.54) is 4.90 Å². The standard InChI is InChI=1S/C48H63N7O9/c1-10-31-26(2)33-25-38-40(30(6)63-22-21-61-18-13-49-47(60)64-48(7,8)9)28(4)35(51-38)23-34-27(3)32(11-12-39(56)57)43(52-34)42-44-41(29(5)36(53-44)24-37(31)50-33)45(58)55(46(42)59)15-14-54-16-19-62-20-17-54/h23-25,27,30,32,51,53H,10-22H2,1-9H3,(H,49,60)(H,56,57)/t27-,30?,32-/m0/s1. The average molecular weight is 882 g/mol. The number of carboxylic acids is 1. The summed E-state index contributed by atoms with van der Waals surface area (Å²) in [6, 6.07) is 6.00. The maximum Gasteiger partial charge on any atom is 0.407 e. The van der Waals surface area contributed by atoms with Crippen molar-refractivity contribution in [1.82, 2.24) is 35.1 Å². The Kier molecular flexibility index (Phi) is 14.1. The number of hydrogen-bond donors (Lipinski definition) is 4. The van der Waals surface area contributed by atoms with Gasteiger partial charge in [0.15, 0.2) is 0 Å². The third-order valence-corrected chi connectivity index (χ3v) is 12.7. The van der Waals surface area contributed by atoms with E-state index in [0.29, 0.717) is 105 Å². The van der Waals surface area contributed by atoms with Crippen LogP contribution < -0.4 is 5.32 Å². The van der Waals surface area contributed by atoms with E-state index >= 15 is 0 Å². The van der Waals surface area contributed by atoms with E-state index in [1.54, 1.807) is 0 Å². The van der Waals surface area contributed by atoms with Gasteiger partial charge in [0.2, 0.25) is 0 Å². The summed E-state index contributed by atoms with van der Waals surface area (Å²) in [6.45, 7) is 22.0. The molecular formula is C48H63N7O9. The first kappa shape index (κ1) is 46.6. The second-order valence-electron chi connectivity index (χ2n) is 18.1. The third-order valence-electron chi connectivity index (χ3n) is 12.7. The lowest BCUT2D eigenvalue weighted by Crippen LogP contribution is -2.47. The number of hydrogen-bond acceptors (Lipinski definition) is 11. The summed E-state index contributed by atoms with van der Waals surface area (Å²) in [7, 11) is 0. The van der Waals surface area contributed by atoms with Crippen molar-refractivity contribution in [1.29, 1.82) is 0 Å². The molecule has 0 aromatic carbocycles. The van der Waals surface area contributed by atoms with Crippen LogP contribution in [0, 0.1) is 13.8 Å². The normalized spacial score (nSPS) is 18.5. The molecule has 0 saturated carbocycles. The van der Waals surface area contributed by atoms with Crippen LogP contribution in [0.1, 0.15) is 146 Å². The van der Waals surface area contributed by atoms with Crippen LogP contribution in [-0.4, -0.2) is 130 Å². The Bertz CT molecular complexity index is 2510. The Balaban J connectivity index is 1.34. The van der Waals surface area contributed by atoms with Crippen LogP contribution in [0.4, 0.5) is 4.79 Å². The number of H-pyrrole nitrogens is 2.